The number of hydrogen-bond donors (Lipinski definition) is 2. The van der Waals surface area contributed by atoms with E-state index in [1.54, 1.807) is 19.2 Å². The minimum Gasteiger partial charge on any atom is -0.495 e. The van der Waals surface area contributed by atoms with E-state index in [1.807, 2.05) is 12.1 Å². The summed E-state index contributed by atoms with van der Waals surface area (Å²) >= 11 is 0. The van der Waals surface area contributed by atoms with Crippen LogP contribution in [-0.2, 0) is 14.8 Å². The number of fused-ring (bicyclic) bond motifs is 1. The van der Waals surface area contributed by atoms with Crippen molar-refractivity contribution >= 4 is 38.7 Å². The minimum atomic E-state index is -4.00. The number of nitrogens with two attached hydrogens (primary N) is 1. The SMILES string of the molecule is COc1ccc(NC(=O)/C=C/c2cc3cccc(OC)c3o2)cc1S(N)(=O)=O. The average Bonchev–Trinajstić information content (AvgIpc) is 3.08. The summed E-state index contributed by atoms with van der Waals surface area (Å²) in [4.78, 5) is 11.9. The molecule has 1 amide bonds. The quantitative estimate of drug-likeness (QED) is 0.612. The molecule has 0 radical (unpaired) electrons. The van der Waals surface area contributed by atoms with Gasteiger partial charge in [0.05, 0.1) is 14.2 Å². The summed E-state index contributed by atoms with van der Waals surface area (Å²) in [6.45, 7) is 0. The molecule has 28 heavy (non-hydrogen) atoms. The number of methoxy groups -OCH3 is 2. The van der Waals surface area contributed by atoms with Gasteiger partial charge < -0.3 is 19.2 Å². The molecule has 0 atom stereocenters. The van der Waals surface area contributed by atoms with E-state index in [0.29, 0.717) is 17.1 Å². The Morgan fingerprint density at radius 3 is 2.54 bits per heavy atom. The molecule has 1 heterocycles. The summed E-state index contributed by atoms with van der Waals surface area (Å²) in [5.74, 6) is 0.676. The van der Waals surface area contributed by atoms with Gasteiger partial charge in [-0.05, 0) is 36.4 Å². The molecule has 0 aliphatic carbocycles. The van der Waals surface area contributed by atoms with Crippen LogP contribution in [0.5, 0.6) is 11.5 Å². The van der Waals surface area contributed by atoms with Crippen LogP contribution in [0.25, 0.3) is 17.0 Å². The fraction of sp³-hybridized carbons (Fsp3) is 0.105. The number of furan rings is 1. The first kappa shape index (κ1) is 19.5. The molecule has 0 fully saturated rings. The first-order valence-corrected chi connectivity index (χ1v) is 9.63. The third-order valence-electron chi connectivity index (χ3n) is 3.88. The van der Waals surface area contributed by atoms with Crippen LogP contribution in [0.4, 0.5) is 5.69 Å². The van der Waals surface area contributed by atoms with Gasteiger partial charge in [0.25, 0.3) is 0 Å². The Morgan fingerprint density at radius 2 is 1.86 bits per heavy atom. The normalized spacial score (nSPS) is 11.7. The first-order valence-electron chi connectivity index (χ1n) is 8.08. The first-order chi connectivity index (χ1) is 13.3. The van der Waals surface area contributed by atoms with Gasteiger partial charge in [-0.15, -0.1) is 0 Å². The molecule has 0 spiro atoms. The molecule has 0 saturated heterocycles. The number of rotatable bonds is 6. The second-order valence-electron chi connectivity index (χ2n) is 5.76. The lowest BCUT2D eigenvalue weighted by Crippen LogP contribution is -2.15. The maximum atomic E-state index is 12.2. The summed E-state index contributed by atoms with van der Waals surface area (Å²) in [7, 11) is -1.13. The summed E-state index contributed by atoms with van der Waals surface area (Å²) in [5, 5.41) is 8.58. The molecule has 2 aromatic carbocycles. The van der Waals surface area contributed by atoms with Crippen LogP contribution in [0.2, 0.25) is 0 Å². The van der Waals surface area contributed by atoms with Crippen molar-refractivity contribution in [2.75, 3.05) is 19.5 Å². The van der Waals surface area contributed by atoms with Gasteiger partial charge in [-0.2, -0.15) is 0 Å². The van der Waals surface area contributed by atoms with Crippen molar-refractivity contribution in [3.05, 3.63) is 54.3 Å². The Labute approximate surface area is 161 Å². The molecule has 8 nitrogen and oxygen atoms in total. The van der Waals surface area contributed by atoms with Crippen molar-refractivity contribution in [1.29, 1.82) is 0 Å². The number of hydrogen-bond acceptors (Lipinski definition) is 6. The molecule has 1 aromatic heterocycles. The largest absolute Gasteiger partial charge is 0.495 e. The van der Waals surface area contributed by atoms with E-state index >= 15 is 0 Å². The number of para-hydroxylation sites is 1. The zero-order chi connectivity index (χ0) is 20.3. The molecular formula is C19H18N2O6S. The molecule has 0 bridgehead atoms. The van der Waals surface area contributed by atoms with Crippen LogP contribution in [0.15, 0.2) is 57.9 Å². The third-order valence-corrected chi connectivity index (χ3v) is 4.82. The zero-order valence-corrected chi connectivity index (χ0v) is 15.9. The van der Waals surface area contributed by atoms with Crippen molar-refractivity contribution in [3.63, 3.8) is 0 Å². The highest BCUT2D eigenvalue weighted by Crippen LogP contribution is 2.29. The Hall–Kier alpha value is -3.30. The molecule has 3 N–H and O–H groups in total. The lowest BCUT2D eigenvalue weighted by Gasteiger charge is -2.09. The Balaban J connectivity index is 1.79. The van der Waals surface area contributed by atoms with Gasteiger partial charge in [0.2, 0.25) is 15.9 Å². The monoisotopic (exact) mass is 402 g/mol. The van der Waals surface area contributed by atoms with Gasteiger partial charge in [-0.1, -0.05) is 12.1 Å². The van der Waals surface area contributed by atoms with E-state index < -0.39 is 15.9 Å². The summed E-state index contributed by atoms with van der Waals surface area (Å²) < 4.78 is 39.2. The Morgan fingerprint density at radius 1 is 1.11 bits per heavy atom. The van der Waals surface area contributed by atoms with Crippen LogP contribution in [-0.4, -0.2) is 28.5 Å². The van der Waals surface area contributed by atoms with E-state index in [9.17, 15) is 13.2 Å². The van der Waals surface area contributed by atoms with Crippen LogP contribution in [0.1, 0.15) is 5.76 Å². The van der Waals surface area contributed by atoms with Crippen LogP contribution < -0.4 is 19.9 Å². The van der Waals surface area contributed by atoms with Crippen LogP contribution >= 0.6 is 0 Å². The van der Waals surface area contributed by atoms with Crippen LogP contribution in [0, 0.1) is 0 Å². The van der Waals surface area contributed by atoms with Crippen molar-refractivity contribution in [3.8, 4) is 11.5 Å². The summed E-state index contributed by atoms with van der Waals surface area (Å²) in [6, 6.07) is 11.4. The standard InChI is InChI=1S/C19H18N2O6S/c1-25-15-8-6-13(11-17(15)28(20,23)24)21-18(22)9-7-14-10-12-4-3-5-16(26-2)19(12)27-14/h3-11H,1-2H3,(H,21,22)(H2,20,23,24)/b9-7+. The number of nitrogens with one attached hydrogen (secondary N) is 1. The minimum absolute atomic E-state index is 0.0901. The molecule has 0 saturated carbocycles. The maximum Gasteiger partial charge on any atom is 0.248 e. The summed E-state index contributed by atoms with van der Waals surface area (Å²) in [6.07, 6.45) is 2.77. The highest BCUT2D eigenvalue weighted by atomic mass is 32.2. The average molecular weight is 402 g/mol. The molecule has 3 aromatic rings. The molecule has 0 aliphatic rings. The second-order valence-corrected chi connectivity index (χ2v) is 7.29. The zero-order valence-electron chi connectivity index (χ0n) is 15.1. The number of sulfonamides is 1. The topological polar surface area (TPSA) is 121 Å². The van der Waals surface area contributed by atoms with Gasteiger partial charge in [0.1, 0.15) is 16.4 Å². The highest BCUT2D eigenvalue weighted by molar-refractivity contribution is 7.89. The molecule has 146 valence electrons. The third kappa shape index (κ3) is 4.16. The molecular weight excluding hydrogens is 384 g/mol. The van der Waals surface area contributed by atoms with Crippen LogP contribution in [0.3, 0.4) is 0 Å². The van der Waals surface area contributed by atoms with Crippen molar-refractivity contribution in [2.45, 2.75) is 4.90 Å². The number of anilines is 1. The fourth-order valence-corrected chi connectivity index (χ4v) is 3.34. The van der Waals surface area contributed by atoms with Crippen molar-refractivity contribution in [1.82, 2.24) is 0 Å². The smallest absolute Gasteiger partial charge is 0.248 e. The molecule has 0 unspecified atom stereocenters. The molecule has 9 heteroatoms. The second kappa shape index (κ2) is 7.75. The number of carbonyl (C=O) groups excluding carboxylic acids is 1. The predicted octanol–water partition coefficient (Wildman–Crippen LogP) is 2.75. The van der Waals surface area contributed by atoms with E-state index in [4.69, 9.17) is 19.0 Å². The Bertz CT molecular complexity index is 1160. The van der Waals surface area contributed by atoms with Gasteiger partial charge >= 0.3 is 0 Å². The number of ether oxygens (including phenoxy) is 2. The predicted molar refractivity (Wildman–Crippen MR) is 105 cm³/mol. The van der Waals surface area contributed by atoms with E-state index in [-0.39, 0.29) is 16.3 Å². The number of amides is 1. The van der Waals surface area contributed by atoms with Crippen molar-refractivity contribution < 1.29 is 27.1 Å². The van der Waals surface area contributed by atoms with Gasteiger partial charge in [-0.3, -0.25) is 4.79 Å². The molecule has 0 aliphatic heterocycles. The highest BCUT2D eigenvalue weighted by Gasteiger charge is 2.16. The van der Waals surface area contributed by atoms with Crippen molar-refractivity contribution in [2.24, 2.45) is 5.14 Å². The lowest BCUT2D eigenvalue weighted by atomic mass is 10.2. The van der Waals surface area contributed by atoms with Gasteiger partial charge in [0.15, 0.2) is 11.3 Å². The van der Waals surface area contributed by atoms with Gasteiger partial charge in [0, 0.05) is 17.1 Å². The van der Waals surface area contributed by atoms with E-state index in [0.717, 1.165) is 5.39 Å². The Kier molecular flexibility index (Phi) is 5.39. The number of carbonyl (C=O) groups is 1. The lowest BCUT2D eigenvalue weighted by molar-refractivity contribution is -0.111. The number of primary sulfonamides is 1. The van der Waals surface area contributed by atoms with E-state index in [1.165, 1.54) is 37.5 Å². The molecule has 3 rings (SSSR count). The fourth-order valence-electron chi connectivity index (χ4n) is 2.62. The maximum absolute atomic E-state index is 12.2. The van der Waals surface area contributed by atoms with E-state index in [2.05, 4.69) is 5.32 Å². The number of benzene rings is 2. The summed E-state index contributed by atoms with van der Waals surface area (Å²) in [5.41, 5.74) is 0.837. The van der Waals surface area contributed by atoms with Gasteiger partial charge in [-0.25, -0.2) is 13.6 Å².